The number of halogens is 2. The molecule has 1 aromatic heterocycles. The summed E-state index contributed by atoms with van der Waals surface area (Å²) in [6, 6.07) is 8.12. The molecular formula is C16H18BrClN2O. The predicted octanol–water partition coefficient (Wildman–Crippen LogP) is 4.75. The SMILES string of the molecule is CCNC(C)c1cc(Br)ccc1OCc1ccncc1Cl. The molecule has 1 aromatic carbocycles. The summed E-state index contributed by atoms with van der Waals surface area (Å²) in [5.41, 5.74) is 2.05. The normalized spacial score (nSPS) is 12.2. The number of nitrogens with zero attached hydrogens (tertiary/aromatic N) is 1. The molecule has 0 saturated heterocycles. The Morgan fingerprint density at radius 2 is 2.19 bits per heavy atom. The van der Waals surface area contributed by atoms with E-state index in [4.69, 9.17) is 16.3 Å². The molecule has 0 radical (unpaired) electrons. The second-order valence-corrected chi connectivity index (χ2v) is 6.04. The molecule has 0 bridgehead atoms. The van der Waals surface area contributed by atoms with E-state index < -0.39 is 0 Å². The molecule has 0 aliphatic rings. The van der Waals surface area contributed by atoms with E-state index in [1.54, 1.807) is 12.4 Å². The highest BCUT2D eigenvalue weighted by Crippen LogP contribution is 2.29. The molecule has 0 saturated carbocycles. The largest absolute Gasteiger partial charge is 0.489 e. The summed E-state index contributed by atoms with van der Waals surface area (Å²) < 4.78 is 6.99. The Morgan fingerprint density at radius 3 is 2.90 bits per heavy atom. The van der Waals surface area contributed by atoms with Crippen LogP contribution in [0.4, 0.5) is 0 Å². The Labute approximate surface area is 138 Å². The number of aromatic nitrogens is 1. The smallest absolute Gasteiger partial charge is 0.124 e. The summed E-state index contributed by atoms with van der Waals surface area (Å²) in [5.74, 6) is 0.861. The van der Waals surface area contributed by atoms with Crippen molar-refractivity contribution in [3.8, 4) is 5.75 Å². The molecule has 1 unspecified atom stereocenters. The van der Waals surface area contributed by atoms with Crippen LogP contribution in [-0.2, 0) is 6.61 Å². The Morgan fingerprint density at radius 1 is 1.38 bits per heavy atom. The van der Waals surface area contributed by atoms with Gasteiger partial charge in [-0.05, 0) is 37.7 Å². The standard InChI is InChI=1S/C16H18BrClN2O/c1-3-20-11(2)14-8-13(17)4-5-16(14)21-10-12-6-7-19-9-15(12)18/h4-9,11,20H,3,10H2,1-2H3. The average Bonchev–Trinajstić information content (AvgIpc) is 2.47. The first-order valence-electron chi connectivity index (χ1n) is 6.85. The lowest BCUT2D eigenvalue weighted by atomic mass is 10.1. The van der Waals surface area contributed by atoms with E-state index in [-0.39, 0.29) is 6.04 Å². The Bertz CT molecular complexity index is 607. The number of rotatable bonds is 6. The number of hydrogen-bond acceptors (Lipinski definition) is 3. The van der Waals surface area contributed by atoms with Crippen molar-refractivity contribution in [2.45, 2.75) is 26.5 Å². The van der Waals surface area contributed by atoms with Crippen LogP contribution in [0.15, 0.2) is 41.1 Å². The zero-order chi connectivity index (χ0) is 15.2. The Kier molecular flexibility index (Phi) is 6.03. The van der Waals surface area contributed by atoms with E-state index >= 15 is 0 Å². The van der Waals surface area contributed by atoms with Gasteiger partial charge in [-0.1, -0.05) is 34.5 Å². The topological polar surface area (TPSA) is 34.1 Å². The number of benzene rings is 1. The summed E-state index contributed by atoms with van der Waals surface area (Å²) in [4.78, 5) is 3.98. The number of ether oxygens (including phenoxy) is 1. The lowest BCUT2D eigenvalue weighted by molar-refractivity contribution is 0.300. The molecule has 2 aromatic rings. The summed E-state index contributed by atoms with van der Waals surface area (Å²) >= 11 is 9.62. The van der Waals surface area contributed by atoms with E-state index in [9.17, 15) is 0 Å². The Balaban J connectivity index is 2.18. The molecule has 112 valence electrons. The summed E-state index contributed by atoms with van der Waals surface area (Å²) in [6.07, 6.45) is 3.35. The number of hydrogen-bond donors (Lipinski definition) is 1. The minimum absolute atomic E-state index is 0.218. The van der Waals surface area contributed by atoms with Crippen LogP contribution in [0.3, 0.4) is 0 Å². The van der Waals surface area contributed by atoms with Gasteiger partial charge in [-0.15, -0.1) is 0 Å². The molecule has 1 heterocycles. The molecule has 0 amide bonds. The van der Waals surface area contributed by atoms with Crippen molar-refractivity contribution in [1.29, 1.82) is 0 Å². The van der Waals surface area contributed by atoms with E-state index in [2.05, 4.69) is 46.1 Å². The van der Waals surface area contributed by atoms with Crippen LogP contribution >= 0.6 is 27.5 Å². The molecule has 3 nitrogen and oxygen atoms in total. The minimum Gasteiger partial charge on any atom is -0.489 e. The van der Waals surface area contributed by atoms with Gasteiger partial charge in [0.2, 0.25) is 0 Å². The average molecular weight is 370 g/mol. The van der Waals surface area contributed by atoms with Crippen molar-refractivity contribution in [2.24, 2.45) is 0 Å². The molecule has 1 N–H and O–H groups in total. The van der Waals surface area contributed by atoms with Gasteiger partial charge in [-0.2, -0.15) is 0 Å². The number of pyridine rings is 1. The zero-order valence-corrected chi connectivity index (χ0v) is 14.4. The summed E-state index contributed by atoms with van der Waals surface area (Å²) in [5, 5.41) is 4.02. The van der Waals surface area contributed by atoms with Crippen LogP contribution in [0.2, 0.25) is 5.02 Å². The highest BCUT2D eigenvalue weighted by Gasteiger charge is 2.12. The molecule has 1 atom stereocenters. The van der Waals surface area contributed by atoms with Crippen LogP contribution in [0, 0.1) is 0 Å². The first kappa shape index (κ1) is 16.3. The van der Waals surface area contributed by atoms with Gasteiger partial charge in [0, 0.05) is 34.0 Å². The van der Waals surface area contributed by atoms with Crippen molar-refractivity contribution in [3.05, 3.63) is 57.3 Å². The fourth-order valence-corrected chi connectivity index (χ4v) is 2.63. The quantitative estimate of drug-likeness (QED) is 0.798. The predicted molar refractivity (Wildman–Crippen MR) is 89.8 cm³/mol. The molecule has 5 heteroatoms. The molecular weight excluding hydrogens is 352 g/mol. The van der Waals surface area contributed by atoms with Crippen molar-refractivity contribution in [2.75, 3.05) is 6.54 Å². The van der Waals surface area contributed by atoms with Crippen molar-refractivity contribution >= 4 is 27.5 Å². The lowest BCUT2D eigenvalue weighted by Gasteiger charge is -2.18. The van der Waals surface area contributed by atoms with Gasteiger partial charge in [0.25, 0.3) is 0 Å². The first-order chi connectivity index (χ1) is 10.1. The summed E-state index contributed by atoms with van der Waals surface area (Å²) in [7, 11) is 0. The molecule has 2 rings (SSSR count). The maximum absolute atomic E-state index is 6.11. The minimum atomic E-state index is 0.218. The van der Waals surface area contributed by atoms with Crippen molar-refractivity contribution < 1.29 is 4.74 Å². The van der Waals surface area contributed by atoms with Gasteiger partial charge in [0.05, 0.1) is 5.02 Å². The van der Waals surface area contributed by atoms with Gasteiger partial charge in [0.1, 0.15) is 12.4 Å². The third-order valence-corrected chi connectivity index (χ3v) is 4.02. The molecule has 21 heavy (non-hydrogen) atoms. The van der Waals surface area contributed by atoms with E-state index in [0.717, 1.165) is 27.9 Å². The fourth-order valence-electron chi connectivity index (χ4n) is 2.08. The van der Waals surface area contributed by atoms with Crippen molar-refractivity contribution in [3.63, 3.8) is 0 Å². The van der Waals surface area contributed by atoms with Crippen LogP contribution in [0.1, 0.15) is 31.0 Å². The van der Waals surface area contributed by atoms with Crippen LogP contribution in [0.5, 0.6) is 5.75 Å². The highest BCUT2D eigenvalue weighted by atomic mass is 79.9. The third-order valence-electron chi connectivity index (χ3n) is 3.19. The number of nitrogens with one attached hydrogen (secondary N) is 1. The maximum Gasteiger partial charge on any atom is 0.124 e. The third kappa shape index (κ3) is 4.43. The molecule has 0 aliphatic heterocycles. The molecule has 0 aliphatic carbocycles. The van der Waals surface area contributed by atoms with Crippen molar-refractivity contribution in [1.82, 2.24) is 10.3 Å². The van der Waals surface area contributed by atoms with E-state index in [1.807, 2.05) is 18.2 Å². The van der Waals surface area contributed by atoms with Gasteiger partial charge in [-0.3, -0.25) is 4.98 Å². The first-order valence-corrected chi connectivity index (χ1v) is 8.03. The Hall–Kier alpha value is -1.10. The summed E-state index contributed by atoms with van der Waals surface area (Å²) in [6.45, 7) is 5.54. The van der Waals surface area contributed by atoms with Gasteiger partial charge >= 0.3 is 0 Å². The second kappa shape index (κ2) is 7.78. The molecule has 0 spiro atoms. The maximum atomic E-state index is 6.11. The fraction of sp³-hybridized carbons (Fsp3) is 0.312. The zero-order valence-electron chi connectivity index (χ0n) is 12.1. The van der Waals surface area contributed by atoms with Gasteiger partial charge in [0.15, 0.2) is 0 Å². The van der Waals surface area contributed by atoms with Gasteiger partial charge < -0.3 is 10.1 Å². The van der Waals surface area contributed by atoms with Crippen LogP contribution < -0.4 is 10.1 Å². The second-order valence-electron chi connectivity index (χ2n) is 4.72. The lowest BCUT2D eigenvalue weighted by Crippen LogP contribution is -2.18. The molecule has 0 fully saturated rings. The van der Waals surface area contributed by atoms with E-state index in [0.29, 0.717) is 11.6 Å². The highest BCUT2D eigenvalue weighted by molar-refractivity contribution is 9.10. The van der Waals surface area contributed by atoms with Crippen LogP contribution in [-0.4, -0.2) is 11.5 Å². The van der Waals surface area contributed by atoms with Gasteiger partial charge in [-0.25, -0.2) is 0 Å². The van der Waals surface area contributed by atoms with E-state index in [1.165, 1.54) is 0 Å². The monoisotopic (exact) mass is 368 g/mol. The van der Waals surface area contributed by atoms with Crippen LogP contribution in [0.25, 0.3) is 0 Å².